The van der Waals surface area contributed by atoms with Crippen LogP contribution in [0.15, 0.2) is 36.4 Å². The maximum atomic E-state index is 13.4. The highest BCUT2D eigenvalue weighted by Crippen LogP contribution is 2.33. The molecule has 9 heteroatoms. The van der Waals surface area contributed by atoms with E-state index in [1.807, 2.05) is 0 Å². The third-order valence-corrected chi connectivity index (χ3v) is 3.51. The molecule has 0 aliphatic heterocycles. The molecule has 134 valence electrons. The Bertz CT molecular complexity index is 759. The van der Waals surface area contributed by atoms with Gasteiger partial charge in [0, 0.05) is 13.0 Å². The number of para-hydroxylation sites is 1. The van der Waals surface area contributed by atoms with Gasteiger partial charge in [0.25, 0.3) is 0 Å². The van der Waals surface area contributed by atoms with Crippen LogP contribution in [-0.2, 0) is 11.0 Å². The highest BCUT2D eigenvalue weighted by atomic mass is 35.5. The molecule has 0 saturated carbocycles. The van der Waals surface area contributed by atoms with Crippen molar-refractivity contribution in [1.29, 1.82) is 0 Å². The number of rotatable bonds is 5. The van der Waals surface area contributed by atoms with Gasteiger partial charge < -0.3 is 10.6 Å². The number of alkyl halides is 3. The Morgan fingerprint density at radius 3 is 2.32 bits per heavy atom. The van der Waals surface area contributed by atoms with Crippen LogP contribution in [0.1, 0.15) is 12.0 Å². The summed E-state index contributed by atoms with van der Waals surface area (Å²) in [5.41, 5.74) is -1.54. The number of halogens is 6. The molecule has 0 radical (unpaired) electrons. The van der Waals surface area contributed by atoms with Crippen molar-refractivity contribution in [2.75, 3.05) is 17.2 Å². The summed E-state index contributed by atoms with van der Waals surface area (Å²) in [6, 6.07) is 5.82. The van der Waals surface area contributed by atoms with Gasteiger partial charge in [-0.25, -0.2) is 8.78 Å². The first kappa shape index (κ1) is 19.0. The molecule has 0 unspecified atom stereocenters. The average molecular weight is 379 g/mol. The minimum atomic E-state index is -4.58. The summed E-state index contributed by atoms with van der Waals surface area (Å²) >= 11 is 5.77. The summed E-state index contributed by atoms with van der Waals surface area (Å²) < 4.78 is 64.8. The van der Waals surface area contributed by atoms with Crippen molar-refractivity contribution in [3.8, 4) is 0 Å². The number of benzene rings is 2. The monoisotopic (exact) mass is 378 g/mol. The zero-order valence-corrected chi connectivity index (χ0v) is 13.3. The molecule has 0 heterocycles. The molecule has 0 atom stereocenters. The number of anilines is 2. The zero-order chi connectivity index (χ0) is 18.6. The Hall–Kier alpha value is -2.35. The van der Waals surface area contributed by atoms with Crippen LogP contribution in [-0.4, -0.2) is 12.5 Å². The van der Waals surface area contributed by atoms with Crippen molar-refractivity contribution in [1.82, 2.24) is 0 Å². The lowest BCUT2D eigenvalue weighted by Crippen LogP contribution is -2.17. The molecule has 25 heavy (non-hydrogen) atoms. The lowest BCUT2D eigenvalue weighted by molar-refractivity contribution is -0.137. The Morgan fingerprint density at radius 1 is 1.08 bits per heavy atom. The molecule has 1 amide bonds. The fraction of sp³-hybridized carbons (Fsp3) is 0.188. The topological polar surface area (TPSA) is 41.1 Å². The summed E-state index contributed by atoms with van der Waals surface area (Å²) in [5, 5.41) is 4.60. The molecule has 2 N–H and O–H groups in total. The molecule has 0 bridgehead atoms. The third-order valence-electron chi connectivity index (χ3n) is 3.18. The minimum Gasteiger partial charge on any atom is -0.380 e. The fourth-order valence-corrected chi connectivity index (χ4v) is 2.14. The average Bonchev–Trinajstić information content (AvgIpc) is 2.51. The van der Waals surface area contributed by atoms with Crippen molar-refractivity contribution >= 4 is 28.9 Å². The van der Waals surface area contributed by atoms with Crippen LogP contribution in [0.5, 0.6) is 0 Å². The highest BCUT2D eigenvalue weighted by Gasteiger charge is 2.31. The number of hydrogen-bond donors (Lipinski definition) is 2. The van der Waals surface area contributed by atoms with Crippen LogP contribution in [0.4, 0.5) is 33.3 Å². The van der Waals surface area contributed by atoms with Gasteiger partial charge in [0.05, 0.1) is 16.3 Å². The van der Waals surface area contributed by atoms with E-state index < -0.39 is 29.3 Å². The van der Waals surface area contributed by atoms with Crippen LogP contribution in [0.25, 0.3) is 0 Å². The van der Waals surface area contributed by atoms with E-state index in [1.165, 1.54) is 6.07 Å². The van der Waals surface area contributed by atoms with Gasteiger partial charge in [-0.3, -0.25) is 4.79 Å². The standard InChI is InChI=1S/C16H12ClF5N2O/c17-10-5-4-9(16(20,21)22)8-13(10)24-14(25)6-7-23-15-11(18)2-1-3-12(15)19/h1-5,8,23H,6-7H2,(H,24,25). The van der Waals surface area contributed by atoms with Gasteiger partial charge in [0.1, 0.15) is 17.3 Å². The summed E-state index contributed by atoms with van der Waals surface area (Å²) in [4.78, 5) is 11.8. The lowest BCUT2D eigenvalue weighted by Gasteiger charge is -2.12. The van der Waals surface area contributed by atoms with Crippen LogP contribution in [0.3, 0.4) is 0 Å². The molecular weight excluding hydrogens is 367 g/mol. The number of hydrogen-bond acceptors (Lipinski definition) is 2. The largest absolute Gasteiger partial charge is 0.416 e. The quantitative estimate of drug-likeness (QED) is 0.712. The van der Waals surface area contributed by atoms with Gasteiger partial charge in [-0.05, 0) is 30.3 Å². The van der Waals surface area contributed by atoms with Crippen LogP contribution in [0, 0.1) is 11.6 Å². The fourth-order valence-electron chi connectivity index (χ4n) is 1.98. The van der Waals surface area contributed by atoms with Gasteiger partial charge in [0.15, 0.2) is 0 Å². The predicted molar refractivity (Wildman–Crippen MR) is 84.5 cm³/mol. The summed E-state index contributed by atoms with van der Waals surface area (Å²) in [6.07, 6.45) is -4.81. The van der Waals surface area contributed by atoms with E-state index in [2.05, 4.69) is 10.6 Å². The van der Waals surface area contributed by atoms with Crippen molar-refractivity contribution in [2.24, 2.45) is 0 Å². The minimum absolute atomic E-state index is 0.0607. The summed E-state index contributed by atoms with van der Waals surface area (Å²) in [7, 11) is 0. The van der Waals surface area contributed by atoms with Crippen molar-refractivity contribution < 1.29 is 26.7 Å². The smallest absolute Gasteiger partial charge is 0.380 e. The van der Waals surface area contributed by atoms with Gasteiger partial charge >= 0.3 is 6.18 Å². The van der Waals surface area contributed by atoms with E-state index in [4.69, 9.17) is 11.6 Å². The normalized spacial score (nSPS) is 11.3. The van der Waals surface area contributed by atoms with Gasteiger partial charge in [-0.2, -0.15) is 13.2 Å². The Labute approximate surface area is 144 Å². The number of carbonyl (C=O) groups excluding carboxylic acids is 1. The van der Waals surface area contributed by atoms with E-state index in [9.17, 15) is 26.7 Å². The molecule has 0 aliphatic rings. The number of carbonyl (C=O) groups is 1. The van der Waals surface area contributed by atoms with E-state index in [-0.39, 0.29) is 29.4 Å². The van der Waals surface area contributed by atoms with E-state index in [0.717, 1.165) is 24.3 Å². The van der Waals surface area contributed by atoms with Gasteiger partial charge in [-0.1, -0.05) is 17.7 Å². The molecule has 2 aromatic rings. The molecule has 0 fully saturated rings. The highest BCUT2D eigenvalue weighted by molar-refractivity contribution is 6.33. The molecule has 2 rings (SSSR count). The Kier molecular flexibility index (Phi) is 5.84. The van der Waals surface area contributed by atoms with Crippen molar-refractivity contribution in [3.05, 3.63) is 58.6 Å². The lowest BCUT2D eigenvalue weighted by atomic mass is 10.2. The first-order chi connectivity index (χ1) is 11.7. The van der Waals surface area contributed by atoms with Crippen LogP contribution >= 0.6 is 11.6 Å². The van der Waals surface area contributed by atoms with Crippen LogP contribution < -0.4 is 10.6 Å². The second-order valence-corrected chi connectivity index (χ2v) is 5.42. The van der Waals surface area contributed by atoms with Gasteiger partial charge in [-0.15, -0.1) is 0 Å². The maximum absolute atomic E-state index is 13.4. The SMILES string of the molecule is O=C(CCNc1c(F)cccc1F)Nc1cc(C(F)(F)F)ccc1Cl. The molecular formula is C16H12ClF5N2O. The Balaban J connectivity index is 1.97. The van der Waals surface area contributed by atoms with E-state index in [0.29, 0.717) is 6.07 Å². The maximum Gasteiger partial charge on any atom is 0.416 e. The second-order valence-electron chi connectivity index (χ2n) is 5.01. The molecule has 0 aromatic heterocycles. The second kappa shape index (κ2) is 7.69. The van der Waals surface area contributed by atoms with E-state index in [1.54, 1.807) is 0 Å². The molecule has 0 spiro atoms. The third kappa shape index (κ3) is 5.06. The first-order valence-corrected chi connectivity index (χ1v) is 7.41. The van der Waals surface area contributed by atoms with Gasteiger partial charge in [0.2, 0.25) is 5.91 Å². The van der Waals surface area contributed by atoms with Crippen LogP contribution in [0.2, 0.25) is 5.02 Å². The van der Waals surface area contributed by atoms with Crippen molar-refractivity contribution in [3.63, 3.8) is 0 Å². The Morgan fingerprint density at radius 2 is 1.72 bits per heavy atom. The first-order valence-electron chi connectivity index (χ1n) is 7.03. The molecule has 0 aliphatic carbocycles. The predicted octanol–water partition coefficient (Wildman–Crippen LogP) is 5.08. The zero-order valence-electron chi connectivity index (χ0n) is 12.6. The summed E-state index contributed by atoms with van der Waals surface area (Å²) in [6.45, 7) is -0.125. The molecule has 3 nitrogen and oxygen atoms in total. The van der Waals surface area contributed by atoms with Crippen molar-refractivity contribution in [2.45, 2.75) is 12.6 Å². The molecule has 2 aromatic carbocycles. The van der Waals surface area contributed by atoms with E-state index >= 15 is 0 Å². The number of amides is 1. The summed E-state index contributed by atoms with van der Waals surface area (Å²) in [5.74, 6) is -2.30. The number of nitrogens with one attached hydrogen (secondary N) is 2. The molecule has 0 saturated heterocycles.